The Morgan fingerprint density at radius 3 is 2.28 bits per heavy atom. The van der Waals surface area contributed by atoms with Gasteiger partial charge in [-0.3, -0.25) is 4.79 Å². The molecule has 0 saturated heterocycles. The van der Waals surface area contributed by atoms with Crippen LogP contribution in [0, 0.1) is 5.82 Å². The SMILES string of the molecule is CC(C)(C)OC(=O)CNc1c(OCc2ccccc2)cc2c(c1F)C[C@H](CNC(=O)OCc1ccccc1)O2. The minimum absolute atomic E-state index is 0.0509. The van der Waals surface area contributed by atoms with E-state index in [1.165, 1.54) is 0 Å². The molecule has 0 fully saturated rings. The van der Waals surface area contributed by atoms with Crippen molar-refractivity contribution in [2.24, 2.45) is 0 Å². The molecule has 39 heavy (non-hydrogen) atoms. The van der Waals surface area contributed by atoms with Gasteiger partial charge in [-0.05, 0) is 31.9 Å². The van der Waals surface area contributed by atoms with Gasteiger partial charge in [0.05, 0.1) is 6.54 Å². The van der Waals surface area contributed by atoms with E-state index in [0.717, 1.165) is 11.1 Å². The smallest absolute Gasteiger partial charge is 0.407 e. The molecule has 0 spiro atoms. The Morgan fingerprint density at radius 2 is 1.64 bits per heavy atom. The molecule has 0 radical (unpaired) electrons. The summed E-state index contributed by atoms with van der Waals surface area (Å²) >= 11 is 0. The largest absolute Gasteiger partial charge is 0.488 e. The van der Waals surface area contributed by atoms with E-state index in [9.17, 15) is 9.59 Å². The summed E-state index contributed by atoms with van der Waals surface area (Å²) in [6, 6.07) is 20.4. The zero-order valence-electron chi connectivity index (χ0n) is 22.3. The third-order valence-corrected chi connectivity index (χ3v) is 5.77. The lowest BCUT2D eigenvalue weighted by atomic mass is 10.1. The number of rotatable bonds is 10. The fraction of sp³-hybridized carbons (Fsp3) is 0.333. The van der Waals surface area contributed by atoms with E-state index < -0.39 is 29.6 Å². The highest BCUT2D eigenvalue weighted by Gasteiger charge is 2.31. The number of anilines is 1. The quantitative estimate of drug-likeness (QED) is 0.336. The molecule has 1 amide bonds. The molecule has 3 aromatic carbocycles. The zero-order chi connectivity index (χ0) is 27.8. The van der Waals surface area contributed by atoms with E-state index in [2.05, 4.69) is 10.6 Å². The summed E-state index contributed by atoms with van der Waals surface area (Å²) in [4.78, 5) is 24.4. The third kappa shape index (κ3) is 8.10. The van der Waals surface area contributed by atoms with Crippen molar-refractivity contribution in [2.45, 2.75) is 52.1 Å². The second kappa shape index (κ2) is 12.5. The first-order valence-corrected chi connectivity index (χ1v) is 12.8. The van der Waals surface area contributed by atoms with Gasteiger partial charge in [-0.1, -0.05) is 60.7 Å². The van der Waals surface area contributed by atoms with Crippen molar-refractivity contribution < 1.29 is 32.9 Å². The Kier molecular flexibility index (Phi) is 8.91. The van der Waals surface area contributed by atoms with Crippen LogP contribution in [0.4, 0.5) is 14.9 Å². The third-order valence-electron chi connectivity index (χ3n) is 5.77. The minimum atomic E-state index is -0.668. The van der Waals surface area contributed by atoms with Crippen molar-refractivity contribution in [3.05, 3.63) is 89.2 Å². The molecular weight excluding hydrogens is 503 g/mol. The Hall–Kier alpha value is -4.27. The molecule has 4 rings (SSSR count). The number of carbonyl (C=O) groups is 2. The van der Waals surface area contributed by atoms with E-state index in [1.54, 1.807) is 26.8 Å². The lowest BCUT2D eigenvalue weighted by Crippen LogP contribution is -2.34. The van der Waals surface area contributed by atoms with Crippen molar-refractivity contribution in [1.29, 1.82) is 0 Å². The Labute approximate surface area is 227 Å². The maximum Gasteiger partial charge on any atom is 0.407 e. The number of benzene rings is 3. The summed E-state index contributed by atoms with van der Waals surface area (Å²) in [5.41, 5.74) is 1.48. The van der Waals surface area contributed by atoms with Gasteiger partial charge in [0.15, 0.2) is 5.82 Å². The van der Waals surface area contributed by atoms with Crippen molar-refractivity contribution in [2.75, 3.05) is 18.4 Å². The highest BCUT2D eigenvalue weighted by molar-refractivity contribution is 5.77. The van der Waals surface area contributed by atoms with Gasteiger partial charge in [-0.15, -0.1) is 0 Å². The molecule has 3 aromatic rings. The number of esters is 1. The second-order valence-corrected chi connectivity index (χ2v) is 10.1. The molecule has 8 nitrogen and oxygen atoms in total. The van der Waals surface area contributed by atoms with E-state index >= 15 is 4.39 Å². The second-order valence-electron chi connectivity index (χ2n) is 10.1. The van der Waals surface area contributed by atoms with Gasteiger partial charge in [0.2, 0.25) is 0 Å². The molecule has 1 atom stereocenters. The molecular formula is C30H33FN2O6. The van der Waals surface area contributed by atoms with Crippen LogP contribution >= 0.6 is 0 Å². The summed E-state index contributed by atoms with van der Waals surface area (Å²) < 4.78 is 38.2. The average Bonchev–Trinajstić information content (AvgIpc) is 3.32. The predicted molar refractivity (Wildman–Crippen MR) is 144 cm³/mol. The van der Waals surface area contributed by atoms with Crippen molar-refractivity contribution in [3.8, 4) is 11.5 Å². The van der Waals surface area contributed by atoms with E-state index in [0.29, 0.717) is 11.3 Å². The predicted octanol–water partition coefficient (Wildman–Crippen LogP) is 5.39. The molecule has 206 valence electrons. The maximum absolute atomic E-state index is 15.7. The van der Waals surface area contributed by atoms with E-state index in [1.807, 2.05) is 60.7 Å². The first-order chi connectivity index (χ1) is 18.7. The van der Waals surface area contributed by atoms with Crippen LogP contribution in [-0.4, -0.2) is 36.9 Å². The first kappa shape index (κ1) is 27.8. The Balaban J connectivity index is 1.42. The molecule has 9 heteroatoms. The van der Waals surface area contributed by atoms with Crippen molar-refractivity contribution in [1.82, 2.24) is 5.32 Å². The number of nitrogens with one attached hydrogen (secondary N) is 2. The van der Waals surface area contributed by atoms with Gasteiger partial charge in [-0.25, -0.2) is 9.18 Å². The van der Waals surface area contributed by atoms with Gasteiger partial charge < -0.3 is 29.6 Å². The lowest BCUT2D eigenvalue weighted by molar-refractivity contribution is -0.152. The maximum atomic E-state index is 15.7. The van der Waals surface area contributed by atoms with Crippen LogP contribution in [0.3, 0.4) is 0 Å². The molecule has 0 bridgehead atoms. The van der Waals surface area contributed by atoms with Crippen LogP contribution in [-0.2, 0) is 33.9 Å². The van der Waals surface area contributed by atoms with Crippen LogP contribution in [0.5, 0.6) is 11.5 Å². The van der Waals surface area contributed by atoms with Crippen molar-refractivity contribution in [3.63, 3.8) is 0 Å². The van der Waals surface area contributed by atoms with Crippen LogP contribution in [0.25, 0.3) is 0 Å². The number of fused-ring (bicyclic) bond motifs is 1. The van der Waals surface area contributed by atoms with Crippen LogP contribution in [0.1, 0.15) is 37.5 Å². The lowest BCUT2D eigenvalue weighted by Gasteiger charge is -2.21. The number of alkyl carbamates (subject to hydrolysis) is 1. The van der Waals surface area contributed by atoms with Gasteiger partial charge in [-0.2, -0.15) is 0 Å². The van der Waals surface area contributed by atoms with Gasteiger partial charge >= 0.3 is 12.1 Å². The van der Waals surface area contributed by atoms with Gasteiger partial charge in [0, 0.05) is 18.1 Å². The van der Waals surface area contributed by atoms with Gasteiger partial charge in [0.25, 0.3) is 0 Å². The number of halogens is 1. The van der Waals surface area contributed by atoms with Crippen LogP contribution in [0.2, 0.25) is 0 Å². The average molecular weight is 537 g/mol. The molecule has 1 heterocycles. The van der Waals surface area contributed by atoms with Crippen LogP contribution in [0.15, 0.2) is 66.7 Å². The fourth-order valence-electron chi connectivity index (χ4n) is 4.03. The topological polar surface area (TPSA) is 95.1 Å². The zero-order valence-corrected chi connectivity index (χ0v) is 22.3. The highest BCUT2D eigenvalue weighted by Crippen LogP contribution is 2.41. The summed E-state index contributed by atoms with van der Waals surface area (Å²) in [5.74, 6) is -0.575. The fourth-order valence-corrected chi connectivity index (χ4v) is 4.03. The number of amides is 1. The minimum Gasteiger partial charge on any atom is -0.488 e. The normalized spacial score (nSPS) is 14.1. The number of hydrogen-bond donors (Lipinski definition) is 2. The number of ether oxygens (including phenoxy) is 4. The Bertz CT molecular complexity index is 1280. The molecule has 0 unspecified atom stereocenters. The summed E-state index contributed by atoms with van der Waals surface area (Å²) in [7, 11) is 0. The molecule has 1 aliphatic heterocycles. The van der Waals surface area contributed by atoms with Crippen molar-refractivity contribution >= 4 is 17.7 Å². The van der Waals surface area contributed by atoms with Gasteiger partial charge in [0.1, 0.15) is 48.6 Å². The molecule has 0 saturated carbocycles. The Morgan fingerprint density at radius 1 is 1.00 bits per heavy atom. The summed E-state index contributed by atoms with van der Waals surface area (Å²) in [6.07, 6.45) is -0.868. The highest BCUT2D eigenvalue weighted by atomic mass is 19.1. The van der Waals surface area contributed by atoms with E-state index in [4.69, 9.17) is 18.9 Å². The number of hydrogen-bond acceptors (Lipinski definition) is 7. The first-order valence-electron chi connectivity index (χ1n) is 12.8. The van der Waals surface area contributed by atoms with E-state index in [-0.39, 0.29) is 44.2 Å². The molecule has 1 aliphatic rings. The summed E-state index contributed by atoms with van der Waals surface area (Å²) in [6.45, 7) is 5.51. The number of carbonyl (C=O) groups excluding carboxylic acids is 2. The molecule has 0 aromatic heterocycles. The van der Waals surface area contributed by atoms with Crippen LogP contribution < -0.4 is 20.1 Å². The monoisotopic (exact) mass is 536 g/mol. The molecule has 2 N–H and O–H groups in total. The summed E-state index contributed by atoms with van der Waals surface area (Å²) in [5, 5.41) is 5.52. The molecule has 0 aliphatic carbocycles. The standard InChI is InChI=1S/C30H33FN2O6/c1-30(2,3)39-26(34)17-32-28-25(36-18-20-10-6-4-7-11-20)15-24-23(27(28)31)14-22(38-24)16-33-29(35)37-19-21-12-8-5-9-13-21/h4-13,15,22,32H,14,16-19H2,1-3H3,(H,33,35)/t22-/m1/s1.